The van der Waals surface area contributed by atoms with E-state index in [1.165, 1.54) is 10.5 Å². The number of benzene rings is 2. The van der Waals surface area contributed by atoms with Gasteiger partial charge in [0.1, 0.15) is 6.54 Å². The van der Waals surface area contributed by atoms with Crippen LogP contribution in [0.3, 0.4) is 0 Å². The second-order valence-electron chi connectivity index (χ2n) is 6.37. The molecule has 3 nitrogen and oxygen atoms in total. The van der Waals surface area contributed by atoms with Crippen molar-refractivity contribution in [3.63, 3.8) is 0 Å². The normalized spacial score (nSPS) is 13.1. The average Bonchev–Trinajstić information content (AvgIpc) is 3.21. The van der Waals surface area contributed by atoms with Gasteiger partial charge in [0.25, 0.3) is 5.91 Å². The first-order valence-electron chi connectivity index (χ1n) is 9.01. The number of thiophene rings is 1. The predicted molar refractivity (Wildman–Crippen MR) is 107 cm³/mol. The standard InChI is InChI=1S/C22H24N2OS/c1-2-24(16-18-10-5-3-6-11-18)17-21(25)23-22(20-14-9-15-26-20)19-12-7-4-8-13-19/h3-15,22H,2,16-17H2,1H3,(H,23,25)/p+1/t22-/m1/s1. The number of likely N-dealkylation sites (N-methyl/N-ethyl adjacent to an activating group) is 1. The molecule has 0 spiro atoms. The minimum absolute atomic E-state index is 0.0834. The Morgan fingerprint density at radius 1 is 1.00 bits per heavy atom. The fourth-order valence-electron chi connectivity index (χ4n) is 3.06. The Bertz CT molecular complexity index is 788. The monoisotopic (exact) mass is 365 g/mol. The summed E-state index contributed by atoms with van der Waals surface area (Å²) in [6.07, 6.45) is 0. The molecule has 0 saturated heterocycles. The Morgan fingerprint density at radius 2 is 1.69 bits per heavy atom. The van der Waals surface area contributed by atoms with Crippen LogP contribution in [-0.4, -0.2) is 19.0 Å². The van der Waals surface area contributed by atoms with Crippen LogP contribution in [0.4, 0.5) is 0 Å². The van der Waals surface area contributed by atoms with E-state index in [1.54, 1.807) is 11.3 Å². The van der Waals surface area contributed by atoms with Gasteiger partial charge in [0.2, 0.25) is 0 Å². The highest BCUT2D eigenvalue weighted by Gasteiger charge is 2.20. The summed E-state index contributed by atoms with van der Waals surface area (Å²) in [5.41, 5.74) is 2.37. The first-order valence-corrected chi connectivity index (χ1v) is 9.89. The van der Waals surface area contributed by atoms with Crippen molar-refractivity contribution in [1.29, 1.82) is 0 Å². The molecule has 0 aliphatic rings. The van der Waals surface area contributed by atoms with Crippen LogP contribution in [0.25, 0.3) is 0 Å². The summed E-state index contributed by atoms with van der Waals surface area (Å²) in [6, 6.07) is 24.5. The molecule has 134 valence electrons. The summed E-state index contributed by atoms with van der Waals surface area (Å²) in [5.74, 6) is 0.0834. The van der Waals surface area contributed by atoms with Gasteiger partial charge in [0, 0.05) is 10.4 Å². The van der Waals surface area contributed by atoms with Crippen molar-refractivity contribution in [3.05, 3.63) is 94.2 Å². The zero-order valence-electron chi connectivity index (χ0n) is 15.0. The van der Waals surface area contributed by atoms with Crippen molar-refractivity contribution in [2.75, 3.05) is 13.1 Å². The van der Waals surface area contributed by atoms with Crippen molar-refractivity contribution < 1.29 is 9.69 Å². The quantitative estimate of drug-likeness (QED) is 0.632. The molecule has 2 N–H and O–H groups in total. The highest BCUT2D eigenvalue weighted by atomic mass is 32.1. The van der Waals surface area contributed by atoms with Crippen LogP contribution in [0.5, 0.6) is 0 Å². The second-order valence-corrected chi connectivity index (χ2v) is 7.35. The summed E-state index contributed by atoms with van der Waals surface area (Å²) < 4.78 is 0. The maximum atomic E-state index is 12.8. The smallest absolute Gasteiger partial charge is 0.275 e. The third-order valence-corrected chi connectivity index (χ3v) is 5.41. The van der Waals surface area contributed by atoms with E-state index in [2.05, 4.69) is 48.0 Å². The molecule has 0 saturated carbocycles. The SMILES string of the molecule is CC[NH+](CC(=O)N[C@H](c1ccccc1)c1cccs1)Cc1ccccc1. The molecule has 4 heteroatoms. The van der Waals surface area contributed by atoms with Gasteiger partial charge in [-0.05, 0) is 23.9 Å². The van der Waals surface area contributed by atoms with E-state index < -0.39 is 0 Å². The minimum atomic E-state index is -0.0847. The molecule has 1 aromatic heterocycles. The Balaban J connectivity index is 1.67. The Hall–Kier alpha value is -2.43. The Labute approximate surface area is 159 Å². The topological polar surface area (TPSA) is 33.5 Å². The van der Waals surface area contributed by atoms with Crippen molar-refractivity contribution in [2.24, 2.45) is 0 Å². The molecule has 0 bridgehead atoms. The fourth-order valence-corrected chi connectivity index (χ4v) is 3.86. The number of carbonyl (C=O) groups excluding carboxylic acids is 1. The molecule has 1 unspecified atom stereocenters. The number of hydrogen-bond donors (Lipinski definition) is 2. The Morgan fingerprint density at radius 3 is 2.31 bits per heavy atom. The first kappa shape index (κ1) is 18.4. The summed E-state index contributed by atoms with van der Waals surface area (Å²) in [5, 5.41) is 5.29. The van der Waals surface area contributed by atoms with E-state index in [-0.39, 0.29) is 11.9 Å². The van der Waals surface area contributed by atoms with E-state index in [4.69, 9.17) is 0 Å². The van der Waals surface area contributed by atoms with Crippen LogP contribution < -0.4 is 10.2 Å². The van der Waals surface area contributed by atoms with E-state index in [1.807, 2.05) is 42.5 Å². The van der Waals surface area contributed by atoms with Crippen LogP contribution >= 0.6 is 11.3 Å². The van der Waals surface area contributed by atoms with Gasteiger partial charge >= 0.3 is 0 Å². The molecule has 1 heterocycles. The van der Waals surface area contributed by atoms with Gasteiger partial charge in [-0.25, -0.2) is 0 Å². The number of nitrogens with one attached hydrogen (secondary N) is 2. The summed E-state index contributed by atoms with van der Waals surface area (Å²) in [6.45, 7) is 4.37. The minimum Gasteiger partial charge on any atom is -0.339 e. The van der Waals surface area contributed by atoms with Crippen LogP contribution in [0.15, 0.2) is 78.2 Å². The molecule has 2 atom stereocenters. The molecule has 1 amide bonds. The number of amides is 1. The van der Waals surface area contributed by atoms with Crippen LogP contribution in [-0.2, 0) is 11.3 Å². The molecule has 0 aliphatic carbocycles. The maximum absolute atomic E-state index is 12.8. The third-order valence-electron chi connectivity index (χ3n) is 4.47. The summed E-state index contributed by atoms with van der Waals surface area (Å²) in [4.78, 5) is 15.2. The number of quaternary nitrogens is 1. The number of rotatable bonds is 8. The average molecular weight is 366 g/mol. The second kappa shape index (κ2) is 9.32. The van der Waals surface area contributed by atoms with E-state index >= 15 is 0 Å². The lowest BCUT2D eigenvalue weighted by Crippen LogP contribution is -3.11. The van der Waals surface area contributed by atoms with E-state index in [0.717, 1.165) is 23.5 Å². The van der Waals surface area contributed by atoms with E-state index in [9.17, 15) is 4.79 Å². The van der Waals surface area contributed by atoms with E-state index in [0.29, 0.717) is 6.54 Å². The lowest BCUT2D eigenvalue weighted by atomic mass is 10.1. The van der Waals surface area contributed by atoms with Crippen molar-refractivity contribution in [2.45, 2.75) is 19.5 Å². The van der Waals surface area contributed by atoms with Crippen LogP contribution in [0.2, 0.25) is 0 Å². The van der Waals surface area contributed by atoms with Gasteiger partial charge in [0.15, 0.2) is 6.54 Å². The van der Waals surface area contributed by atoms with Gasteiger partial charge in [0.05, 0.1) is 12.6 Å². The predicted octanol–water partition coefficient (Wildman–Crippen LogP) is 3.06. The van der Waals surface area contributed by atoms with Crippen molar-refractivity contribution in [3.8, 4) is 0 Å². The lowest BCUT2D eigenvalue weighted by Gasteiger charge is -2.21. The molecular formula is C22H25N2OS+. The highest BCUT2D eigenvalue weighted by Crippen LogP contribution is 2.25. The number of hydrogen-bond acceptors (Lipinski definition) is 2. The zero-order valence-corrected chi connectivity index (χ0v) is 15.8. The van der Waals surface area contributed by atoms with Crippen molar-refractivity contribution >= 4 is 17.2 Å². The highest BCUT2D eigenvalue weighted by molar-refractivity contribution is 7.10. The first-order chi connectivity index (χ1) is 12.8. The fraction of sp³-hybridized carbons (Fsp3) is 0.227. The molecule has 0 radical (unpaired) electrons. The summed E-state index contributed by atoms with van der Waals surface area (Å²) >= 11 is 1.67. The molecule has 3 rings (SSSR count). The molecule has 3 aromatic rings. The van der Waals surface area contributed by atoms with Gasteiger partial charge in [-0.3, -0.25) is 4.79 Å². The van der Waals surface area contributed by atoms with Crippen LogP contribution in [0.1, 0.15) is 29.0 Å². The zero-order chi connectivity index (χ0) is 18.2. The van der Waals surface area contributed by atoms with Gasteiger partial charge < -0.3 is 10.2 Å². The van der Waals surface area contributed by atoms with Gasteiger partial charge in [-0.15, -0.1) is 11.3 Å². The molecule has 0 aliphatic heterocycles. The maximum Gasteiger partial charge on any atom is 0.275 e. The van der Waals surface area contributed by atoms with Gasteiger partial charge in [-0.2, -0.15) is 0 Å². The number of carbonyl (C=O) groups is 1. The molecular weight excluding hydrogens is 340 g/mol. The summed E-state index contributed by atoms with van der Waals surface area (Å²) in [7, 11) is 0. The molecule has 0 fully saturated rings. The van der Waals surface area contributed by atoms with Crippen molar-refractivity contribution in [1.82, 2.24) is 5.32 Å². The largest absolute Gasteiger partial charge is 0.339 e. The molecule has 26 heavy (non-hydrogen) atoms. The van der Waals surface area contributed by atoms with Gasteiger partial charge in [-0.1, -0.05) is 66.7 Å². The lowest BCUT2D eigenvalue weighted by molar-refractivity contribution is -0.904. The molecule has 2 aromatic carbocycles. The van der Waals surface area contributed by atoms with Crippen LogP contribution in [0, 0.1) is 0 Å². The third kappa shape index (κ3) is 5.04. The Kier molecular flexibility index (Phi) is 6.58.